The fraction of sp³-hybridized carbons (Fsp3) is 0.300. The molecule has 0 radical (unpaired) electrons. The van der Waals surface area contributed by atoms with E-state index in [4.69, 9.17) is 21.1 Å². The van der Waals surface area contributed by atoms with Crippen LogP contribution in [0.25, 0.3) is 0 Å². The average molecular weight is 442 g/mol. The Bertz CT molecular complexity index is 1080. The number of rotatable bonds is 6. The molecule has 160 valence electrons. The van der Waals surface area contributed by atoms with E-state index in [0.717, 1.165) is 17.7 Å². The van der Waals surface area contributed by atoms with Gasteiger partial charge in [0.05, 0.1) is 32.0 Å². The van der Waals surface area contributed by atoms with Gasteiger partial charge in [-0.15, -0.1) is 0 Å². The number of benzene rings is 1. The predicted molar refractivity (Wildman–Crippen MR) is 108 cm³/mol. The lowest BCUT2D eigenvalue weighted by atomic mass is 10.0. The molecular formula is C20H19ClF3N3O3. The van der Waals surface area contributed by atoms with Gasteiger partial charge in [0.2, 0.25) is 11.7 Å². The summed E-state index contributed by atoms with van der Waals surface area (Å²) in [6.45, 7) is 1.71. The van der Waals surface area contributed by atoms with E-state index < -0.39 is 23.7 Å². The van der Waals surface area contributed by atoms with Crippen LogP contribution in [0.5, 0.6) is 11.5 Å². The highest BCUT2D eigenvalue weighted by atomic mass is 35.5. The molecular weight excluding hydrogens is 423 g/mol. The summed E-state index contributed by atoms with van der Waals surface area (Å²) in [5, 5.41) is 3.33. The molecule has 1 aliphatic carbocycles. The van der Waals surface area contributed by atoms with E-state index in [1.54, 1.807) is 19.1 Å². The van der Waals surface area contributed by atoms with Crippen LogP contribution >= 0.6 is 11.6 Å². The molecule has 1 aromatic carbocycles. The summed E-state index contributed by atoms with van der Waals surface area (Å²) in [7, 11) is 2.79. The Balaban J connectivity index is 2.01. The van der Waals surface area contributed by atoms with Crippen LogP contribution in [0.4, 0.5) is 24.8 Å². The smallest absolute Gasteiger partial charge is 0.316 e. The molecule has 1 aromatic heterocycles. The van der Waals surface area contributed by atoms with Crippen LogP contribution < -0.4 is 20.3 Å². The topological polar surface area (TPSA) is 65.4 Å². The van der Waals surface area contributed by atoms with Gasteiger partial charge in [0.15, 0.2) is 12.3 Å². The molecule has 1 N–H and O–H groups in total. The molecule has 0 aliphatic heterocycles. The lowest BCUT2D eigenvalue weighted by Gasteiger charge is -2.20. The van der Waals surface area contributed by atoms with Crippen molar-refractivity contribution in [3.05, 3.63) is 62.8 Å². The monoisotopic (exact) mass is 441 g/mol. The minimum absolute atomic E-state index is 0.0638. The number of ether oxygens (including phenoxy) is 2. The summed E-state index contributed by atoms with van der Waals surface area (Å²) in [4.78, 5) is 16.1. The molecule has 3 rings (SSSR count). The maximum atomic E-state index is 13.7. The van der Waals surface area contributed by atoms with Crippen LogP contribution in [0.2, 0.25) is 5.02 Å². The molecule has 0 fully saturated rings. The van der Waals surface area contributed by atoms with E-state index in [-0.39, 0.29) is 23.8 Å². The van der Waals surface area contributed by atoms with Crippen molar-refractivity contribution in [1.82, 2.24) is 9.55 Å². The number of nitrogens with zero attached hydrogens (tertiary/aromatic N) is 2. The Morgan fingerprint density at radius 1 is 1.23 bits per heavy atom. The predicted octanol–water partition coefficient (Wildman–Crippen LogP) is 4.44. The molecule has 30 heavy (non-hydrogen) atoms. The third-order valence-corrected chi connectivity index (χ3v) is 4.82. The minimum atomic E-state index is -2.32. The normalized spacial score (nSPS) is 18.5. The second-order valence-electron chi connectivity index (χ2n) is 6.61. The Morgan fingerprint density at radius 3 is 2.57 bits per heavy atom. The first-order valence-electron chi connectivity index (χ1n) is 8.86. The van der Waals surface area contributed by atoms with E-state index in [9.17, 15) is 18.0 Å². The van der Waals surface area contributed by atoms with E-state index in [2.05, 4.69) is 10.3 Å². The van der Waals surface area contributed by atoms with Crippen molar-refractivity contribution in [3.8, 4) is 11.5 Å². The van der Waals surface area contributed by atoms with Crippen molar-refractivity contribution in [2.24, 2.45) is 0 Å². The summed E-state index contributed by atoms with van der Waals surface area (Å²) >= 11 is 6.18. The SMILES string of the molecule is COc1cc(C)c(Nc2nc(=O)c(OC)cn2CC2=CC(F)C(F)C(F)=C2)cc1Cl. The number of aryl methyl sites for hydroxylation is 1. The first-order chi connectivity index (χ1) is 14.2. The average Bonchev–Trinajstić information content (AvgIpc) is 2.70. The first kappa shape index (κ1) is 21.8. The third-order valence-electron chi connectivity index (χ3n) is 4.52. The molecule has 2 aromatic rings. The number of alkyl halides is 2. The number of halogens is 4. The highest BCUT2D eigenvalue weighted by Crippen LogP contribution is 2.32. The van der Waals surface area contributed by atoms with Crippen molar-refractivity contribution in [2.75, 3.05) is 19.5 Å². The molecule has 6 nitrogen and oxygen atoms in total. The quantitative estimate of drug-likeness (QED) is 0.718. The lowest BCUT2D eigenvalue weighted by molar-refractivity contribution is 0.205. The zero-order valence-electron chi connectivity index (χ0n) is 16.4. The summed E-state index contributed by atoms with van der Waals surface area (Å²) in [5.41, 5.74) is 0.826. The number of allylic oxidation sites excluding steroid dienone is 4. The zero-order valence-corrected chi connectivity index (χ0v) is 17.1. The molecule has 1 aliphatic rings. The second kappa shape index (κ2) is 8.83. The summed E-state index contributed by atoms with van der Waals surface area (Å²) in [5.74, 6) is -0.709. The van der Waals surface area contributed by atoms with Gasteiger partial charge in [-0.3, -0.25) is 4.79 Å². The van der Waals surface area contributed by atoms with E-state index >= 15 is 0 Å². The molecule has 0 spiro atoms. The van der Waals surface area contributed by atoms with Crippen LogP contribution in [0, 0.1) is 6.92 Å². The van der Waals surface area contributed by atoms with Crippen LogP contribution in [0.15, 0.2) is 46.7 Å². The fourth-order valence-corrected chi connectivity index (χ4v) is 3.18. The van der Waals surface area contributed by atoms with Crippen LogP contribution in [-0.4, -0.2) is 36.1 Å². The van der Waals surface area contributed by atoms with E-state index in [0.29, 0.717) is 16.5 Å². The van der Waals surface area contributed by atoms with E-state index in [1.807, 2.05) is 0 Å². The number of hydrogen-bond donors (Lipinski definition) is 1. The van der Waals surface area contributed by atoms with Gasteiger partial charge in [-0.05, 0) is 42.3 Å². The maximum absolute atomic E-state index is 13.7. The largest absolute Gasteiger partial charge is 0.495 e. The lowest BCUT2D eigenvalue weighted by Crippen LogP contribution is -2.22. The standard InChI is InChI=1S/C20H19ClF3N3O3/c1-10-4-16(29-2)12(21)7-15(10)25-20-26-19(28)17(30-3)9-27(20)8-11-5-13(22)18(24)14(23)6-11/h4-7,9,13,18H,8H2,1-3H3,(H,25,26,28). The van der Waals surface area contributed by atoms with Gasteiger partial charge in [-0.1, -0.05) is 11.6 Å². The maximum Gasteiger partial charge on any atom is 0.316 e. The Hall–Kier alpha value is -2.94. The Labute approximate surface area is 175 Å². The van der Waals surface area contributed by atoms with Crippen molar-refractivity contribution in [2.45, 2.75) is 25.8 Å². The van der Waals surface area contributed by atoms with Gasteiger partial charge in [0.25, 0.3) is 0 Å². The van der Waals surface area contributed by atoms with Crippen LogP contribution in [0.3, 0.4) is 0 Å². The molecule has 0 saturated heterocycles. The first-order valence-corrected chi connectivity index (χ1v) is 9.23. The summed E-state index contributed by atoms with van der Waals surface area (Å²) < 4.78 is 52.4. The molecule has 0 bridgehead atoms. The minimum Gasteiger partial charge on any atom is -0.495 e. The van der Waals surface area contributed by atoms with E-state index in [1.165, 1.54) is 25.0 Å². The second-order valence-corrected chi connectivity index (χ2v) is 7.02. The zero-order chi connectivity index (χ0) is 22.0. The highest BCUT2D eigenvalue weighted by molar-refractivity contribution is 6.32. The van der Waals surface area contributed by atoms with Crippen molar-refractivity contribution < 1.29 is 22.6 Å². The molecule has 1 heterocycles. The number of anilines is 2. The number of aromatic nitrogens is 2. The third kappa shape index (κ3) is 4.46. The van der Waals surface area contributed by atoms with Gasteiger partial charge in [0.1, 0.15) is 11.6 Å². The van der Waals surface area contributed by atoms with Crippen LogP contribution in [-0.2, 0) is 6.54 Å². The van der Waals surface area contributed by atoms with Crippen molar-refractivity contribution in [3.63, 3.8) is 0 Å². The van der Waals surface area contributed by atoms with Crippen molar-refractivity contribution >= 4 is 23.2 Å². The van der Waals surface area contributed by atoms with Gasteiger partial charge >= 0.3 is 5.56 Å². The Kier molecular flexibility index (Phi) is 6.40. The number of methoxy groups -OCH3 is 2. The van der Waals surface area contributed by atoms with Gasteiger partial charge < -0.3 is 19.4 Å². The Morgan fingerprint density at radius 2 is 1.93 bits per heavy atom. The fourth-order valence-electron chi connectivity index (χ4n) is 2.94. The molecule has 0 saturated carbocycles. The number of nitrogens with one attached hydrogen (secondary N) is 1. The van der Waals surface area contributed by atoms with Crippen LogP contribution in [0.1, 0.15) is 5.56 Å². The van der Waals surface area contributed by atoms with Gasteiger partial charge in [-0.25, -0.2) is 13.2 Å². The van der Waals surface area contributed by atoms with Gasteiger partial charge in [-0.2, -0.15) is 4.98 Å². The number of hydrogen-bond acceptors (Lipinski definition) is 5. The molecule has 2 unspecified atom stereocenters. The van der Waals surface area contributed by atoms with Crippen molar-refractivity contribution in [1.29, 1.82) is 0 Å². The molecule has 10 heteroatoms. The van der Waals surface area contributed by atoms with Gasteiger partial charge in [0, 0.05) is 5.69 Å². The summed E-state index contributed by atoms with van der Waals surface area (Å²) in [6, 6.07) is 3.30. The summed E-state index contributed by atoms with van der Waals surface area (Å²) in [6.07, 6.45) is -1.17. The molecule has 2 atom stereocenters. The molecule has 0 amide bonds. The highest BCUT2D eigenvalue weighted by Gasteiger charge is 2.28.